The molecule has 0 saturated heterocycles. The Kier molecular flexibility index (Phi) is 6.94. The Hall–Kier alpha value is -2.36. The number of aromatic nitrogens is 4. The molecule has 158 valence electrons. The lowest BCUT2D eigenvalue weighted by molar-refractivity contribution is -0.121. The largest absolute Gasteiger partial charge is 0.343 e. The van der Waals surface area contributed by atoms with Gasteiger partial charge < -0.3 is 15.2 Å². The Labute approximate surface area is 174 Å². The first-order valence-electron chi connectivity index (χ1n) is 10.1. The molecule has 9 nitrogen and oxygen atoms in total. The summed E-state index contributed by atoms with van der Waals surface area (Å²) in [6.45, 7) is 5.57. The van der Waals surface area contributed by atoms with Crippen LogP contribution in [0.2, 0.25) is 0 Å². The summed E-state index contributed by atoms with van der Waals surface area (Å²) in [7, 11) is 0. The number of nitrogens with one attached hydrogen (secondary N) is 2. The van der Waals surface area contributed by atoms with Crippen molar-refractivity contribution in [3.63, 3.8) is 0 Å². The van der Waals surface area contributed by atoms with Crippen molar-refractivity contribution in [2.75, 3.05) is 5.32 Å². The molecule has 1 saturated carbocycles. The number of aryl methyl sites for hydroxylation is 1. The number of carbonyl (C=O) groups excluding carboxylic acids is 2. The van der Waals surface area contributed by atoms with Crippen LogP contribution in [0.4, 0.5) is 5.13 Å². The highest BCUT2D eigenvalue weighted by Crippen LogP contribution is 2.34. The van der Waals surface area contributed by atoms with Gasteiger partial charge in [0, 0.05) is 25.7 Å². The van der Waals surface area contributed by atoms with Crippen LogP contribution < -0.4 is 10.6 Å². The second-order valence-corrected chi connectivity index (χ2v) is 8.85. The molecule has 1 aliphatic rings. The lowest BCUT2D eigenvalue weighted by atomic mass is 9.89. The molecule has 2 aromatic heterocycles. The summed E-state index contributed by atoms with van der Waals surface area (Å²) >= 11 is 1.38. The fourth-order valence-corrected chi connectivity index (χ4v) is 4.31. The van der Waals surface area contributed by atoms with Crippen LogP contribution in [0, 0.1) is 0 Å². The van der Waals surface area contributed by atoms with Crippen molar-refractivity contribution in [2.24, 2.45) is 0 Å². The molecule has 0 aliphatic heterocycles. The Morgan fingerprint density at radius 2 is 1.90 bits per heavy atom. The van der Waals surface area contributed by atoms with Gasteiger partial charge in [-0.15, -0.1) is 10.2 Å². The van der Waals surface area contributed by atoms with Crippen molar-refractivity contribution in [3.05, 3.63) is 16.7 Å². The standard InChI is InChI=1S/C19H28N6O3S/c1-12(2)16-23-24-18(29-16)20-14(27)8-9-15-21-17(25-28-15)19(22-13(3)26)10-6-4-5-7-11-19/h12H,4-11H2,1-3H3,(H,22,26)(H,20,24,27). The molecular weight excluding hydrogens is 392 g/mol. The molecule has 0 atom stereocenters. The molecule has 0 spiro atoms. The van der Waals surface area contributed by atoms with Gasteiger partial charge in [-0.05, 0) is 12.8 Å². The minimum absolute atomic E-state index is 0.101. The molecule has 2 aromatic rings. The fourth-order valence-electron chi connectivity index (χ4n) is 3.54. The van der Waals surface area contributed by atoms with E-state index >= 15 is 0 Å². The second kappa shape index (κ2) is 9.43. The lowest BCUT2D eigenvalue weighted by Crippen LogP contribution is -2.45. The van der Waals surface area contributed by atoms with E-state index in [1.54, 1.807) is 0 Å². The molecule has 29 heavy (non-hydrogen) atoms. The summed E-state index contributed by atoms with van der Waals surface area (Å²) < 4.78 is 5.38. The number of nitrogens with zero attached hydrogens (tertiary/aromatic N) is 4. The van der Waals surface area contributed by atoms with Gasteiger partial charge in [-0.3, -0.25) is 9.59 Å². The average Bonchev–Trinajstić information content (AvgIpc) is 3.26. The first-order chi connectivity index (χ1) is 13.9. The molecule has 10 heteroatoms. The van der Waals surface area contributed by atoms with Gasteiger partial charge >= 0.3 is 0 Å². The third kappa shape index (κ3) is 5.59. The van der Waals surface area contributed by atoms with Crippen molar-refractivity contribution < 1.29 is 14.1 Å². The summed E-state index contributed by atoms with van der Waals surface area (Å²) in [5, 5.41) is 19.4. The number of carbonyl (C=O) groups is 2. The zero-order valence-electron chi connectivity index (χ0n) is 17.2. The summed E-state index contributed by atoms with van der Waals surface area (Å²) in [5.41, 5.74) is -0.577. The number of amides is 2. The van der Waals surface area contributed by atoms with Crippen molar-refractivity contribution in [2.45, 2.75) is 83.6 Å². The zero-order valence-corrected chi connectivity index (χ0v) is 18.0. The van der Waals surface area contributed by atoms with E-state index < -0.39 is 5.54 Å². The van der Waals surface area contributed by atoms with E-state index in [4.69, 9.17) is 4.52 Å². The highest BCUT2D eigenvalue weighted by molar-refractivity contribution is 7.15. The molecule has 1 fully saturated rings. The minimum Gasteiger partial charge on any atom is -0.343 e. The highest BCUT2D eigenvalue weighted by atomic mass is 32.1. The summed E-state index contributed by atoms with van der Waals surface area (Å²) in [6.07, 6.45) is 6.39. The smallest absolute Gasteiger partial charge is 0.227 e. The molecule has 2 amide bonds. The summed E-state index contributed by atoms with van der Waals surface area (Å²) in [5.74, 6) is 0.896. The third-order valence-electron chi connectivity index (χ3n) is 5.02. The molecule has 0 radical (unpaired) electrons. The van der Waals surface area contributed by atoms with Gasteiger partial charge in [0.25, 0.3) is 0 Å². The van der Waals surface area contributed by atoms with E-state index in [-0.39, 0.29) is 24.2 Å². The molecule has 0 bridgehead atoms. The van der Waals surface area contributed by atoms with E-state index in [0.29, 0.717) is 23.3 Å². The van der Waals surface area contributed by atoms with Crippen molar-refractivity contribution in [1.29, 1.82) is 0 Å². The van der Waals surface area contributed by atoms with Crippen LogP contribution in [0.15, 0.2) is 4.52 Å². The molecule has 1 aliphatic carbocycles. The molecule has 2 heterocycles. The maximum absolute atomic E-state index is 12.2. The van der Waals surface area contributed by atoms with Crippen LogP contribution >= 0.6 is 11.3 Å². The maximum atomic E-state index is 12.2. The Morgan fingerprint density at radius 1 is 1.17 bits per heavy atom. The van der Waals surface area contributed by atoms with Crippen molar-refractivity contribution in [1.82, 2.24) is 25.7 Å². The average molecular weight is 421 g/mol. The maximum Gasteiger partial charge on any atom is 0.227 e. The minimum atomic E-state index is -0.577. The van der Waals surface area contributed by atoms with E-state index in [9.17, 15) is 9.59 Å². The quantitative estimate of drug-likeness (QED) is 0.659. The molecule has 0 aromatic carbocycles. The van der Waals surface area contributed by atoms with Gasteiger partial charge in [0.1, 0.15) is 10.5 Å². The summed E-state index contributed by atoms with van der Waals surface area (Å²) in [4.78, 5) is 28.5. The monoisotopic (exact) mass is 420 g/mol. The van der Waals surface area contributed by atoms with Gasteiger partial charge in [-0.25, -0.2) is 0 Å². The third-order valence-corrected chi connectivity index (χ3v) is 6.15. The highest BCUT2D eigenvalue weighted by Gasteiger charge is 2.38. The summed E-state index contributed by atoms with van der Waals surface area (Å²) in [6, 6.07) is 0. The zero-order chi connectivity index (χ0) is 20.9. The first-order valence-corrected chi connectivity index (χ1v) is 10.9. The first kappa shape index (κ1) is 21.4. The SMILES string of the molecule is CC(=O)NC1(c2noc(CCC(=O)Nc3nnc(C(C)C)s3)n2)CCCCCC1. The Morgan fingerprint density at radius 3 is 2.52 bits per heavy atom. The Bertz CT molecular complexity index is 839. The van der Waals surface area contributed by atoms with E-state index in [1.807, 2.05) is 13.8 Å². The van der Waals surface area contributed by atoms with Gasteiger partial charge in [0.05, 0.1) is 0 Å². The lowest BCUT2D eigenvalue weighted by Gasteiger charge is -2.30. The van der Waals surface area contributed by atoms with Gasteiger partial charge in [0.15, 0.2) is 5.82 Å². The second-order valence-electron chi connectivity index (χ2n) is 7.84. The van der Waals surface area contributed by atoms with Gasteiger partial charge in [-0.1, -0.05) is 56.0 Å². The van der Waals surface area contributed by atoms with Crippen LogP contribution in [0.3, 0.4) is 0 Å². The van der Waals surface area contributed by atoms with Gasteiger partial charge in [-0.2, -0.15) is 4.98 Å². The Balaban J connectivity index is 1.61. The molecule has 3 rings (SSSR count). The number of hydrogen-bond donors (Lipinski definition) is 2. The van der Waals surface area contributed by atoms with Crippen molar-refractivity contribution in [3.8, 4) is 0 Å². The molecule has 0 unspecified atom stereocenters. The normalized spacial score (nSPS) is 16.4. The van der Waals surface area contributed by atoms with Crippen LogP contribution in [-0.4, -0.2) is 32.2 Å². The van der Waals surface area contributed by atoms with Crippen LogP contribution in [0.5, 0.6) is 0 Å². The van der Waals surface area contributed by atoms with Crippen molar-refractivity contribution >= 4 is 28.3 Å². The van der Waals surface area contributed by atoms with Crippen LogP contribution in [0.1, 0.15) is 88.4 Å². The molecular formula is C19H28N6O3S. The number of anilines is 1. The fraction of sp³-hybridized carbons (Fsp3) is 0.684. The number of rotatable bonds is 7. The number of hydrogen-bond acceptors (Lipinski definition) is 8. The van der Waals surface area contributed by atoms with E-state index in [2.05, 4.69) is 31.0 Å². The van der Waals surface area contributed by atoms with Crippen LogP contribution in [0.25, 0.3) is 0 Å². The topological polar surface area (TPSA) is 123 Å². The van der Waals surface area contributed by atoms with E-state index in [0.717, 1.165) is 43.5 Å². The predicted molar refractivity (Wildman–Crippen MR) is 108 cm³/mol. The van der Waals surface area contributed by atoms with E-state index in [1.165, 1.54) is 18.3 Å². The molecule has 2 N–H and O–H groups in total. The van der Waals surface area contributed by atoms with Gasteiger partial charge in [0.2, 0.25) is 22.8 Å². The van der Waals surface area contributed by atoms with Crippen LogP contribution in [-0.2, 0) is 21.5 Å². The predicted octanol–water partition coefficient (Wildman–Crippen LogP) is 3.30.